The quantitative estimate of drug-likeness (QED) is 0.905. The topological polar surface area (TPSA) is 68.2 Å². The summed E-state index contributed by atoms with van der Waals surface area (Å²) >= 11 is 3.37. The largest absolute Gasteiger partial charge is 0.343 e. The maximum absolute atomic E-state index is 12.2. The molecule has 1 aromatic rings. The van der Waals surface area contributed by atoms with Crippen LogP contribution in [0, 0.1) is 0 Å². The molecule has 19 heavy (non-hydrogen) atoms. The van der Waals surface area contributed by atoms with Crippen LogP contribution in [-0.4, -0.2) is 30.7 Å². The van der Waals surface area contributed by atoms with E-state index in [4.69, 9.17) is 0 Å². The third kappa shape index (κ3) is 2.76. The first-order valence-corrected chi connectivity index (χ1v) is 8.55. The van der Waals surface area contributed by atoms with Gasteiger partial charge in [-0.3, -0.25) is 4.79 Å². The van der Waals surface area contributed by atoms with Crippen molar-refractivity contribution in [3.63, 3.8) is 0 Å². The van der Waals surface area contributed by atoms with Crippen LogP contribution < -0.4 is 5.32 Å². The Balaban J connectivity index is 1.76. The van der Waals surface area contributed by atoms with E-state index in [2.05, 4.69) is 21.2 Å². The summed E-state index contributed by atoms with van der Waals surface area (Å²) in [6, 6.07) is 1.73. The highest BCUT2D eigenvalue weighted by Crippen LogP contribution is 2.37. The van der Waals surface area contributed by atoms with Crippen molar-refractivity contribution in [2.75, 3.05) is 5.75 Å². The summed E-state index contributed by atoms with van der Waals surface area (Å²) in [7, 11) is -3.14. The molecule has 2 heterocycles. The number of carbonyl (C=O) groups is 1. The average molecular weight is 345 g/mol. The van der Waals surface area contributed by atoms with E-state index in [1.54, 1.807) is 6.07 Å². The SMILES string of the molecule is O=C(NC1C=CS(=O)(=O)C1)c1cc(Br)cn1C1CC1. The van der Waals surface area contributed by atoms with Gasteiger partial charge in [-0.2, -0.15) is 0 Å². The number of hydrogen-bond donors (Lipinski definition) is 1. The summed E-state index contributed by atoms with van der Waals surface area (Å²) in [5.74, 6) is -0.284. The predicted molar refractivity (Wildman–Crippen MR) is 74.6 cm³/mol. The normalized spacial score (nSPS) is 24.6. The van der Waals surface area contributed by atoms with Crippen molar-refractivity contribution in [1.82, 2.24) is 9.88 Å². The number of halogens is 1. The van der Waals surface area contributed by atoms with Gasteiger partial charge < -0.3 is 9.88 Å². The maximum Gasteiger partial charge on any atom is 0.268 e. The van der Waals surface area contributed by atoms with Crippen molar-refractivity contribution >= 4 is 31.7 Å². The van der Waals surface area contributed by atoms with Gasteiger partial charge in [0.15, 0.2) is 9.84 Å². The van der Waals surface area contributed by atoms with E-state index in [-0.39, 0.29) is 11.7 Å². The van der Waals surface area contributed by atoms with Crippen molar-refractivity contribution in [3.8, 4) is 0 Å². The average Bonchev–Trinajstić information content (AvgIpc) is 3.01. The minimum atomic E-state index is -3.14. The van der Waals surface area contributed by atoms with Gasteiger partial charge in [-0.25, -0.2) is 8.42 Å². The zero-order chi connectivity index (χ0) is 13.6. The summed E-state index contributed by atoms with van der Waals surface area (Å²) < 4.78 is 25.4. The molecule has 3 rings (SSSR count). The van der Waals surface area contributed by atoms with Gasteiger partial charge in [0.05, 0.1) is 11.8 Å². The molecular formula is C12H13BrN2O3S. The third-order valence-corrected chi connectivity index (χ3v) is 5.06. The second-order valence-corrected chi connectivity index (χ2v) is 7.77. The second kappa shape index (κ2) is 4.49. The molecule has 0 radical (unpaired) electrons. The van der Waals surface area contributed by atoms with Crippen LogP contribution >= 0.6 is 15.9 Å². The van der Waals surface area contributed by atoms with Crippen LogP contribution in [0.4, 0.5) is 0 Å². The molecule has 1 saturated carbocycles. The monoisotopic (exact) mass is 344 g/mol. The molecule has 1 N–H and O–H groups in total. The Hall–Kier alpha value is -1.08. The van der Waals surface area contributed by atoms with E-state index >= 15 is 0 Å². The molecule has 1 amide bonds. The summed E-state index contributed by atoms with van der Waals surface area (Å²) in [5.41, 5.74) is 0.576. The van der Waals surface area contributed by atoms with Gasteiger partial charge in [-0.15, -0.1) is 0 Å². The fourth-order valence-corrected chi connectivity index (χ4v) is 3.86. The Bertz CT molecular complexity index is 659. The van der Waals surface area contributed by atoms with E-state index in [0.29, 0.717) is 11.7 Å². The number of nitrogens with one attached hydrogen (secondary N) is 1. The van der Waals surface area contributed by atoms with Crippen molar-refractivity contribution < 1.29 is 13.2 Å². The van der Waals surface area contributed by atoms with E-state index < -0.39 is 15.9 Å². The van der Waals surface area contributed by atoms with Crippen LogP contribution in [0.15, 0.2) is 28.2 Å². The maximum atomic E-state index is 12.2. The molecule has 5 nitrogen and oxygen atoms in total. The molecule has 102 valence electrons. The molecule has 2 aliphatic rings. The molecule has 1 aliphatic heterocycles. The van der Waals surface area contributed by atoms with Gasteiger partial charge in [0.25, 0.3) is 5.91 Å². The van der Waals surface area contributed by atoms with E-state index in [0.717, 1.165) is 22.7 Å². The third-order valence-electron chi connectivity index (χ3n) is 3.23. The van der Waals surface area contributed by atoms with Gasteiger partial charge in [0.2, 0.25) is 0 Å². The smallest absolute Gasteiger partial charge is 0.268 e. The van der Waals surface area contributed by atoms with Crippen LogP contribution in [0.3, 0.4) is 0 Å². The van der Waals surface area contributed by atoms with Crippen LogP contribution in [-0.2, 0) is 9.84 Å². The van der Waals surface area contributed by atoms with Crippen LogP contribution in [0.5, 0.6) is 0 Å². The van der Waals surface area contributed by atoms with E-state index in [9.17, 15) is 13.2 Å². The fourth-order valence-electron chi connectivity index (χ4n) is 2.19. The lowest BCUT2D eigenvalue weighted by Crippen LogP contribution is -2.36. The van der Waals surface area contributed by atoms with Gasteiger partial charge >= 0.3 is 0 Å². The lowest BCUT2D eigenvalue weighted by atomic mass is 10.3. The lowest BCUT2D eigenvalue weighted by molar-refractivity contribution is 0.0938. The van der Waals surface area contributed by atoms with Crippen molar-refractivity contribution in [1.29, 1.82) is 0 Å². The van der Waals surface area contributed by atoms with E-state index in [1.165, 1.54) is 6.08 Å². The zero-order valence-electron chi connectivity index (χ0n) is 10.0. The molecule has 1 atom stereocenters. The summed E-state index contributed by atoms with van der Waals surface area (Å²) in [4.78, 5) is 12.2. The Morgan fingerprint density at radius 3 is 2.74 bits per heavy atom. The van der Waals surface area contributed by atoms with Gasteiger partial charge in [-0.05, 0) is 40.9 Å². The lowest BCUT2D eigenvalue weighted by Gasteiger charge is -2.11. The molecular weight excluding hydrogens is 332 g/mol. The Labute approximate surface area is 119 Å². The Kier molecular flexibility index (Phi) is 3.05. The molecule has 1 aliphatic carbocycles. The number of sulfone groups is 1. The number of nitrogens with zero attached hydrogens (tertiary/aromatic N) is 1. The molecule has 1 fully saturated rings. The highest BCUT2D eigenvalue weighted by atomic mass is 79.9. The molecule has 1 unspecified atom stereocenters. The molecule has 0 bridgehead atoms. The van der Waals surface area contributed by atoms with Gasteiger partial charge in [-0.1, -0.05) is 0 Å². The number of amides is 1. The summed E-state index contributed by atoms with van der Waals surface area (Å²) in [6.45, 7) is 0. The first-order valence-electron chi connectivity index (χ1n) is 6.04. The van der Waals surface area contributed by atoms with Crippen LogP contribution in [0.1, 0.15) is 29.4 Å². The molecule has 7 heteroatoms. The van der Waals surface area contributed by atoms with Crippen molar-refractivity contribution in [2.24, 2.45) is 0 Å². The first-order chi connectivity index (χ1) is 8.94. The Morgan fingerprint density at radius 2 is 2.16 bits per heavy atom. The summed E-state index contributed by atoms with van der Waals surface area (Å²) in [6.07, 6.45) is 5.58. The van der Waals surface area contributed by atoms with Gasteiger partial charge in [0, 0.05) is 22.1 Å². The van der Waals surface area contributed by atoms with E-state index in [1.807, 2.05) is 10.8 Å². The minimum absolute atomic E-state index is 0.0515. The number of hydrogen-bond acceptors (Lipinski definition) is 3. The fraction of sp³-hybridized carbons (Fsp3) is 0.417. The molecule has 0 spiro atoms. The molecule has 1 aromatic heterocycles. The predicted octanol–water partition coefficient (Wildman–Crippen LogP) is 1.63. The highest BCUT2D eigenvalue weighted by molar-refractivity contribution is 9.10. The zero-order valence-corrected chi connectivity index (χ0v) is 12.4. The number of rotatable bonds is 3. The van der Waals surface area contributed by atoms with Crippen LogP contribution in [0.2, 0.25) is 0 Å². The van der Waals surface area contributed by atoms with Gasteiger partial charge in [0.1, 0.15) is 5.69 Å². The summed E-state index contributed by atoms with van der Waals surface area (Å²) in [5, 5.41) is 3.90. The highest BCUT2D eigenvalue weighted by Gasteiger charge is 2.29. The van der Waals surface area contributed by atoms with Crippen molar-refractivity contribution in [2.45, 2.75) is 24.9 Å². The standard InChI is InChI=1S/C12H13BrN2O3S/c13-8-5-11(15(6-8)10-1-2-10)12(16)14-9-3-4-19(17,18)7-9/h3-6,9-10H,1-2,7H2,(H,14,16). The minimum Gasteiger partial charge on any atom is -0.343 e. The number of carbonyl (C=O) groups excluding carboxylic acids is 1. The van der Waals surface area contributed by atoms with Crippen molar-refractivity contribution in [3.05, 3.63) is 33.9 Å². The Morgan fingerprint density at radius 1 is 1.42 bits per heavy atom. The first kappa shape index (κ1) is 12.9. The second-order valence-electron chi connectivity index (χ2n) is 4.92. The molecule has 0 aromatic carbocycles. The molecule has 0 saturated heterocycles. The number of aromatic nitrogens is 1. The van der Waals surface area contributed by atoms with Crippen LogP contribution in [0.25, 0.3) is 0 Å².